The first-order chi connectivity index (χ1) is 10.0. The summed E-state index contributed by atoms with van der Waals surface area (Å²) < 4.78 is 4.75. The van der Waals surface area contributed by atoms with E-state index < -0.39 is 0 Å². The van der Waals surface area contributed by atoms with E-state index in [1.54, 1.807) is 24.4 Å². The fourth-order valence-electron chi connectivity index (χ4n) is 1.79. The summed E-state index contributed by atoms with van der Waals surface area (Å²) in [7, 11) is 1.37. The van der Waals surface area contributed by atoms with Crippen LogP contribution in [0.25, 0.3) is 0 Å². The van der Waals surface area contributed by atoms with Gasteiger partial charge in [-0.05, 0) is 51.8 Å². The molecule has 0 aliphatic heterocycles. The van der Waals surface area contributed by atoms with Crippen molar-refractivity contribution < 1.29 is 9.53 Å². The van der Waals surface area contributed by atoms with Crippen LogP contribution < -0.4 is 0 Å². The lowest BCUT2D eigenvalue weighted by molar-refractivity contribution is 0.0601. The number of carbonyl (C=O) groups is 1. The molecule has 0 unspecified atom stereocenters. The lowest BCUT2D eigenvalue weighted by Gasteiger charge is -2.02. The first-order valence-electron chi connectivity index (χ1n) is 7.05. The van der Waals surface area contributed by atoms with Crippen LogP contribution in [-0.2, 0) is 4.74 Å². The zero-order valence-electron chi connectivity index (χ0n) is 13.2. The molecule has 0 atom stereocenters. The Morgan fingerprint density at radius 3 is 2.62 bits per heavy atom. The van der Waals surface area contributed by atoms with Gasteiger partial charge in [-0.25, -0.2) is 4.79 Å². The van der Waals surface area contributed by atoms with Gasteiger partial charge in [0.1, 0.15) is 0 Å². The minimum absolute atomic E-state index is 0.369. The quantitative estimate of drug-likeness (QED) is 0.425. The summed E-state index contributed by atoms with van der Waals surface area (Å²) in [5, 5.41) is 0. The van der Waals surface area contributed by atoms with Gasteiger partial charge in [0.2, 0.25) is 0 Å². The molecule has 0 bridgehead atoms. The Labute approximate surface area is 127 Å². The van der Waals surface area contributed by atoms with Crippen molar-refractivity contribution >= 4 is 17.9 Å². The Bertz CT molecular complexity index is 564. The summed E-state index contributed by atoms with van der Waals surface area (Å²) in [6.45, 7) is 6.28. The third-order valence-electron chi connectivity index (χ3n) is 2.97. The maximum absolute atomic E-state index is 11.6. The Balaban J connectivity index is 2.73. The molecule has 0 heterocycles. The molecule has 3 heteroatoms. The molecule has 3 nitrogen and oxygen atoms in total. The third-order valence-corrected chi connectivity index (χ3v) is 2.97. The lowest BCUT2D eigenvalue weighted by atomic mass is 10.1. The molecule has 1 aromatic carbocycles. The number of nitrogens with zero attached hydrogens (tertiary/aromatic N) is 1. The normalized spacial score (nSPS) is 11.5. The summed E-state index contributed by atoms with van der Waals surface area (Å²) in [4.78, 5) is 16.0. The van der Waals surface area contributed by atoms with Crippen LogP contribution in [0.1, 0.15) is 44.0 Å². The molecule has 0 aromatic heterocycles. The van der Waals surface area contributed by atoms with Crippen LogP contribution >= 0.6 is 0 Å². The van der Waals surface area contributed by atoms with Crippen LogP contribution in [0, 0.1) is 0 Å². The van der Waals surface area contributed by atoms with Gasteiger partial charge >= 0.3 is 5.97 Å². The number of rotatable bonds is 6. The average Bonchev–Trinajstić information content (AvgIpc) is 2.46. The second-order valence-corrected chi connectivity index (χ2v) is 5.12. The Morgan fingerprint density at radius 1 is 1.24 bits per heavy atom. The van der Waals surface area contributed by atoms with Crippen molar-refractivity contribution in [3.8, 4) is 0 Å². The van der Waals surface area contributed by atoms with E-state index in [2.05, 4.69) is 31.8 Å². The maximum atomic E-state index is 11.6. The predicted molar refractivity (Wildman–Crippen MR) is 88.4 cm³/mol. The first kappa shape index (κ1) is 16.9. The fraction of sp³-hybridized carbons (Fsp3) is 0.333. The van der Waals surface area contributed by atoms with Crippen molar-refractivity contribution in [2.75, 3.05) is 7.11 Å². The van der Waals surface area contributed by atoms with E-state index in [0.717, 1.165) is 12.8 Å². The number of esters is 1. The van der Waals surface area contributed by atoms with E-state index in [1.807, 2.05) is 12.1 Å². The van der Waals surface area contributed by atoms with Crippen molar-refractivity contribution in [1.82, 2.24) is 0 Å². The number of methoxy groups -OCH3 is 1. The molecule has 0 saturated heterocycles. The molecule has 0 N–H and O–H groups in total. The molecule has 21 heavy (non-hydrogen) atoms. The van der Waals surface area contributed by atoms with Crippen LogP contribution in [-0.4, -0.2) is 19.3 Å². The number of carbonyl (C=O) groups excluding carboxylic acids is 1. The van der Waals surface area contributed by atoms with Gasteiger partial charge in [-0.2, -0.15) is 0 Å². The molecule has 0 saturated carbocycles. The summed E-state index contributed by atoms with van der Waals surface area (Å²) >= 11 is 0. The second kappa shape index (κ2) is 8.90. The molecule has 0 radical (unpaired) electrons. The van der Waals surface area contributed by atoms with Crippen LogP contribution in [0.2, 0.25) is 0 Å². The highest BCUT2D eigenvalue weighted by molar-refractivity contribution is 5.95. The minimum Gasteiger partial charge on any atom is -0.465 e. The van der Waals surface area contributed by atoms with Crippen LogP contribution in [0.15, 0.2) is 52.6 Å². The highest BCUT2D eigenvalue weighted by Gasteiger charge is 2.09. The van der Waals surface area contributed by atoms with Crippen LogP contribution in [0.4, 0.5) is 5.69 Å². The molecule has 112 valence electrons. The standard InChI is InChI=1S/C18H23NO2/c1-14(2)8-7-9-15(3)12-13-19-17-11-6-5-10-16(17)18(20)21-4/h5-6,8,10-13H,7,9H2,1-4H3/b15-12+,19-13?. The van der Waals surface area contributed by atoms with Gasteiger partial charge < -0.3 is 4.74 Å². The number of para-hydroxylation sites is 1. The molecular formula is C18H23NO2. The largest absolute Gasteiger partial charge is 0.465 e. The summed E-state index contributed by atoms with van der Waals surface area (Å²) in [6.07, 6.45) is 7.99. The summed E-state index contributed by atoms with van der Waals surface area (Å²) in [6, 6.07) is 7.16. The fourth-order valence-corrected chi connectivity index (χ4v) is 1.79. The lowest BCUT2D eigenvalue weighted by Crippen LogP contribution is -2.00. The van der Waals surface area contributed by atoms with Crippen LogP contribution in [0.3, 0.4) is 0 Å². The Hall–Kier alpha value is -2.16. The Kier molecular flexibility index (Phi) is 7.16. The summed E-state index contributed by atoms with van der Waals surface area (Å²) in [5.41, 5.74) is 3.69. The van der Waals surface area contributed by atoms with Gasteiger partial charge in [-0.1, -0.05) is 29.4 Å². The monoisotopic (exact) mass is 285 g/mol. The maximum Gasteiger partial charge on any atom is 0.340 e. The van der Waals surface area contributed by atoms with E-state index in [9.17, 15) is 4.79 Å². The van der Waals surface area contributed by atoms with Gasteiger partial charge in [0.25, 0.3) is 0 Å². The number of ether oxygens (including phenoxy) is 1. The summed E-state index contributed by atoms with van der Waals surface area (Å²) in [5.74, 6) is -0.369. The molecule has 0 fully saturated rings. The highest BCUT2D eigenvalue weighted by Crippen LogP contribution is 2.19. The van der Waals surface area contributed by atoms with Gasteiger partial charge in [0.15, 0.2) is 0 Å². The zero-order valence-corrected chi connectivity index (χ0v) is 13.2. The van der Waals surface area contributed by atoms with Gasteiger partial charge in [0, 0.05) is 6.21 Å². The number of allylic oxidation sites excluding steroid dienone is 4. The smallest absolute Gasteiger partial charge is 0.340 e. The number of benzene rings is 1. The SMILES string of the molecule is COC(=O)c1ccccc1N=C/C=C(\C)CCC=C(C)C. The van der Waals surface area contributed by atoms with E-state index in [-0.39, 0.29) is 5.97 Å². The van der Waals surface area contributed by atoms with E-state index in [4.69, 9.17) is 4.74 Å². The highest BCUT2D eigenvalue weighted by atomic mass is 16.5. The minimum atomic E-state index is -0.369. The first-order valence-corrected chi connectivity index (χ1v) is 7.05. The number of aliphatic imine (C=N–C) groups is 1. The molecule has 0 aliphatic rings. The topological polar surface area (TPSA) is 38.7 Å². The molecule has 1 rings (SSSR count). The van der Waals surface area contributed by atoms with Crippen molar-refractivity contribution in [1.29, 1.82) is 0 Å². The van der Waals surface area contributed by atoms with Crippen molar-refractivity contribution in [3.63, 3.8) is 0 Å². The molecule has 0 amide bonds. The van der Waals surface area contributed by atoms with Gasteiger partial charge in [0.05, 0.1) is 18.4 Å². The van der Waals surface area contributed by atoms with Gasteiger partial charge in [-0.15, -0.1) is 0 Å². The third kappa shape index (κ3) is 6.21. The van der Waals surface area contributed by atoms with E-state index in [0.29, 0.717) is 11.3 Å². The molecule has 0 spiro atoms. The molecular weight excluding hydrogens is 262 g/mol. The van der Waals surface area contributed by atoms with Crippen molar-refractivity contribution in [3.05, 3.63) is 53.1 Å². The molecule has 1 aromatic rings. The molecule has 0 aliphatic carbocycles. The van der Waals surface area contributed by atoms with Crippen molar-refractivity contribution in [2.45, 2.75) is 33.6 Å². The zero-order chi connectivity index (χ0) is 15.7. The second-order valence-electron chi connectivity index (χ2n) is 5.12. The van der Waals surface area contributed by atoms with Gasteiger partial charge in [-0.3, -0.25) is 4.99 Å². The number of hydrogen-bond acceptors (Lipinski definition) is 3. The average molecular weight is 285 g/mol. The predicted octanol–water partition coefficient (Wildman–Crippen LogP) is 4.87. The number of hydrogen-bond donors (Lipinski definition) is 0. The van der Waals surface area contributed by atoms with Crippen molar-refractivity contribution in [2.24, 2.45) is 4.99 Å². The van der Waals surface area contributed by atoms with E-state index >= 15 is 0 Å². The van der Waals surface area contributed by atoms with Crippen LogP contribution in [0.5, 0.6) is 0 Å². The Morgan fingerprint density at radius 2 is 1.95 bits per heavy atom. The van der Waals surface area contributed by atoms with E-state index in [1.165, 1.54) is 18.3 Å².